The third-order valence-electron chi connectivity index (χ3n) is 3.98. The number of rotatable bonds is 6. The average molecular weight is 435 g/mol. The summed E-state index contributed by atoms with van der Waals surface area (Å²) in [6, 6.07) is 12.4. The Morgan fingerprint density at radius 2 is 1.93 bits per heavy atom. The van der Waals surface area contributed by atoms with E-state index in [-0.39, 0.29) is 10.7 Å². The molecule has 0 bridgehead atoms. The number of halogens is 2. The summed E-state index contributed by atoms with van der Waals surface area (Å²) in [4.78, 5) is 23.0. The Labute approximate surface area is 176 Å². The maximum Gasteiger partial charge on any atom is 0.269 e. The number of aromatic nitrogens is 2. The van der Waals surface area contributed by atoms with Gasteiger partial charge >= 0.3 is 0 Å². The Hall–Kier alpha value is -3.10. The molecule has 0 saturated heterocycles. The Kier molecular flexibility index (Phi) is 6.05. The van der Waals surface area contributed by atoms with E-state index in [1.807, 2.05) is 0 Å². The number of carbonyl (C=O) groups is 1. The lowest BCUT2D eigenvalue weighted by atomic mass is 10.3. The van der Waals surface area contributed by atoms with Gasteiger partial charge in [0.25, 0.3) is 11.6 Å². The van der Waals surface area contributed by atoms with Crippen molar-refractivity contribution in [3.05, 3.63) is 74.4 Å². The fourth-order valence-corrected chi connectivity index (χ4v) is 2.88. The summed E-state index contributed by atoms with van der Waals surface area (Å²) < 4.78 is 7.10. The summed E-state index contributed by atoms with van der Waals surface area (Å²) >= 11 is 12.1. The van der Waals surface area contributed by atoms with Crippen LogP contribution in [0.5, 0.6) is 5.75 Å². The topological polar surface area (TPSA) is 99.3 Å². The van der Waals surface area contributed by atoms with Gasteiger partial charge in [-0.15, -0.1) is 0 Å². The molecule has 10 heteroatoms. The predicted octanol–water partition coefficient (Wildman–Crippen LogP) is 4.80. The molecule has 0 aliphatic carbocycles. The second-order valence-corrected chi connectivity index (χ2v) is 6.94. The molecule has 1 unspecified atom stereocenters. The highest BCUT2D eigenvalue weighted by atomic mass is 35.5. The maximum absolute atomic E-state index is 12.6. The number of carbonyl (C=O) groups excluding carboxylic acids is 1. The van der Waals surface area contributed by atoms with Gasteiger partial charge in [-0.1, -0.05) is 29.3 Å². The van der Waals surface area contributed by atoms with Gasteiger partial charge in [0.05, 0.1) is 21.3 Å². The van der Waals surface area contributed by atoms with Crippen LogP contribution in [0.4, 0.5) is 11.5 Å². The fourth-order valence-electron chi connectivity index (χ4n) is 2.55. The molecule has 29 heavy (non-hydrogen) atoms. The van der Waals surface area contributed by atoms with Crippen LogP contribution in [-0.4, -0.2) is 26.7 Å². The zero-order valence-corrected chi connectivity index (χ0v) is 16.9. The zero-order valence-electron chi connectivity index (χ0n) is 15.4. The van der Waals surface area contributed by atoms with Crippen LogP contribution in [0.3, 0.4) is 0 Å². The first kappa shape index (κ1) is 20.6. The molecule has 1 atom stereocenters. The molecule has 0 fully saturated rings. The minimum absolute atomic E-state index is 0.0383. The molecule has 0 radical (unpaired) electrons. The quantitative estimate of drug-likeness (QED) is 0.443. The number of ether oxygens (including phenoxy) is 1. The van der Waals surface area contributed by atoms with Gasteiger partial charge in [-0.2, -0.15) is 5.10 Å². The highest BCUT2D eigenvalue weighted by Gasteiger charge is 2.20. The highest BCUT2D eigenvalue weighted by molar-refractivity contribution is 6.42. The van der Waals surface area contributed by atoms with Crippen LogP contribution in [0.1, 0.15) is 12.6 Å². The monoisotopic (exact) mass is 434 g/mol. The van der Waals surface area contributed by atoms with Gasteiger partial charge in [0, 0.05) is 18.2 Å². The van der Waals surface area contributed by atoms with E-state index >= 15 is 0 Å². The summed E-state index contributed by atoms with van der Waals surface area (Å²) in [5.74, 6) is 0.264. The minimum Gasteiger partial charge on any atom is -0.479 e. The van der Waals surface area contributed by atoms with Crippen LogP contribution in [-0.2, 0) is 4.79 Å². The second-order valence-electron chi connectivity index (χ2n) is 6.16. The zero-order chi connectivity index (χ0) is 21.1. The molecule has 2 aromatic carbocycles. The Morgan fingerprint density at radius 1 is 1.24 bits per heavy atom. The van der Waals surface area contributed by atoms with Gasteiger partial charge in [-0.3, -0.25) is 14.9 Å². The number of hydrogen-bond acceptors (Lipinski definition) is 5. The Balaban J connectivity index is 1.78. The molecule has 3 rings (SSSR count). The molecule has 150 valence electrons. The first-order valence-corrected chi connectivity index (χ1v) is 9.25. The second kappa shape index (κ2) is 8.50. The molecule has 1 aromatic heterocycles. The first-order chi connectivity index (χ1) is 13.8. The first-order valence-electron chi connectivity index (χ1n) is 8.49. The Morgan fingerprint density at radius 3 is 2.59 bits per heavy atom. The van der Waals surface area contributed by atoms with Crippen LogP contribution in [0, 0.1) is 17.0 Å². The summed E-state index contributed by atoms with van der Waals surface area (Å²) in [7, 11) is 0. The van der Waals surface area contributed by atoms with Gasteiger partial charge in [-0.25, -0.2) is 4.68 Å². The van der Waals surface area contributed by atoms with Crippen molar-refractivity contribution in [1.82, 2.24) is 9.78 Å². The van der Waals surface area contributed by atoms with E-state index < -0.39 is 16.9 Å². The number of benzene rings is 2. The van der Waals surface area contributed by atoms with Crippen LogP contribution in [0.2, 0.25) is 10.0 Å². The molecular weight excluding hydrogens is 419 g/mol. The van der Waals surface area contributed by atoms with Crippen molar-refractivity contribution in [2.75, 3.05) is 5.32 Å². The van der Waals surface area contributed by atoms with Crippen molar-refractivity contribution in [1.29, 1.82) is 0 Å². The average Bonchev–Trinajstić information content (AvgIpc) is 3.05. The molecule has 8 nitrogen and oxygen atoms in total. The van der Waals surface area contributed by atoms with E-state index in [0.29, 0.717) is 28.0 Å². The van der Waals surface area contributed by atoms with Crippen molar-refractivity contribution in [2.24, 2.45) is 0 Å². The number of amides is 1. The molecule has 1 N–H and O–H groups in total. The number of nitrogens with zero attached hydrogens (tertiary/aromatic N) is 3. The van der Waals surface area contributed by atoms with Crippen molar-refractivity contribution >= 4 is 40.6 Å². The van der Waals surface area contributed by atoms with E-state index in [4.69, 9.17) is 27.9 Å². The lowest BCUT2D eigenvalue weighted by Gasteiger charge is -2.16. The smallest absolute Gasteiger partial charge is 0.269 e. The number of nitro groups is 1. The molecule has 0 spiro atoms. The van der Waals surface area contributed by atoms with Gasteiger partial charge in [-0.05, 0) is 38.1 Å². The van der Waals surface area contributed by atoms with Gasteiger partial charge in [0.1, 0.15) is 16.6 Å². The molecule has 1 amide bonds. The van der Waals surface area contributed by atoms with Gasteiger partial charge in [0.2, 0.25) is 0 Å². The van der Waals surface area contributed by atoms with E-state index in [0.717, 1.165) is 0 Å². The molecule has 0 aliphatic heterocycles. The molecule has 1 heterocycles. The van der Waals surface area contributed by atoms with Crippen LogP contribution < -0.4 is 10.1 Å². The van der Waals surface area contributed by atoms with E-state index in [9.17, 15) is 14.9 Å². The van der Waals surface area contributed by atoms with Crippen LogP contribution >= 0.6 is 23.2 Å². The van der Waals surface area contributed by atoms with Crippen molar-refractivity contribution in [3.8, 4) is 11.4 Å². The van der Waals surface area contributed by atoms with Crippen LogP contribution in [0.25, 0.3) is 5.69 Å². The fraction of sp³-hybridized carbons (Fsp3) is 0.158. The van der Waals surface area contributed by atoms with Gasteiger partial charge in [0.15, 0.2) is 6.10 Å². The van der Waals surface area contributed by atoms with Crippen LogP contribution in [0.15, 0.2) is 48.5 Å². The summed E-state index contributed by atoms with van der Waals surface area (Å²) in [5.41, 5.74) is 1.18. The number of nitrogens with one attached hydrogen (secondary N) is 1. The standard InChI is InChI=1S/C19H16Cl2N4O4/c1-11-10-17(24(23-11)13-6-8-14(9-7-13)25(27)28)22-19(26)12(2)29-16-5-3-4-15(20)18(16)21/h3-10,12H,1-2H3,(H,22,26). The molecular formula is C19H16Cl2N4O4. The lowest BCUT2D eigenvalue weighted by Crippen LogP contribution is -2.31. The van der Waals surface area contributed by atoms with Crippen molar-refractivity contribution in [3.63, 3.8) is 0 Å². The van der Waals surface area contributed by atoms with Gasteiger partial charge < -0.3 is 10.1 Å². The SMILES string of the molecule is Cc1cc(NC(=O)C(C)Oc2cccc(Cl)c2Cl)n(-c2ccc([N+](=O)[O-])cc2)n1. The summed E-state index contributed by atoms with van der Waals surface area (Å²) in [6.07, 6.45) is -0.869. The minimum atomic E-state index is -0.869. The lowest BCUT2D eigenvalue weighted by molar-refractivity contribution is -0.384. The van der Waals surface area contributed by atoms with Crippen molar-refractivity contribution in [2.45, 2.75) is 20.0 Å². The third-order valence-corrected chi connectivity index (χ3v) is 4.78. The Bertz CT molecular complexity index is 1070. The largest absolute Gasteiger partial charge is 0.479 e. The normalized spacial score (nSPS) is 11.7. The molecule has 0 saturated carbocycles. The van der Waals surface area contributed by atoms with Crippen molar-refractivity contribution < 1.29 is 14.5 Å². The molecule has 0 aliphatic rings. The summed E-state index contributed by atoms with van der Waals surface area (Å²) in [6.45, 7) is 3.34. The predicted molar refractivity (Wildman–Crippen MR) is 110 cm³/mol. The summed E-state index contributed by atoms with van der Waals surface area (Å²) in [5, 5.41) is 18.5. The number of anilines is 1. The number of nitro benzene ring substituents is 1. The highest BCUT2D eigenvalue weighted by Crippen LogP contribution is 2.32. The molecule has 3 aromatic rings. The van der Waals surface area contributed by atoms with E-state index in [2.05, 4.69) is 10.4 Å². The van der Waals surface area contributed by atoms with E-state index in [1.54, 1.807) is 50.2 Å². The number of aryl methyl sites for hydroxylation is 1. The maximum atomic E-state index is 12.6. The third kappa shape index (κ3) is 4.67. The number of non-ortho nitro benzene ring substituents is 1. The number of hydrogen-bond donors (Lipinski definition) is 1. The van der Waals surface area contributed by atoms with E-state index in [1.165, 1.54) is 16.8 Å².